The molecule has 0 unspecified atom stereocenters. The van der Waals surface area contributed by atoms with Crippen LogP contribution in [0.3, 0.4) is 0 Å². The van der Waals surface area contributed by atoms with Crippen LogP contribution in [-0.2, 0) is 4.79 Å². The number of methoxy groups -OCH3 is 2. The van der Waals surface area contributed by atoms with E-state index in [2.05, 4.69) is 15.5 Å². The molecule has 0 aliphatic carbocycles. The van der Waals surface area contributed by atoms with Crippen molar-refractivity contribution in [2.75, 3.05) is 25.3 Å². The molecule has 3 aromatic carbocycles. The van der Waals surface area contributed by atoms with Crippen molar-refractivity contribution in [3.63, 3.8) is 0 Å². The number of rotatable bonds is 7. The van der Waals surface area contributed by atoms with Crippen molar-refractivity contribution < 1.29 is 14.3 Å². The number of ether oxygens (including phenoxy) is 2. The van der Waals surface area contributed by atoms with Gasteiger partial charge in [-0.3, -0.25) is 9.20 Å². The Bertz CT molecular complexity index is 1460. The van der Waals surface area contributed by atoms with E-state index in [1.165, 1.54) is 11.8 Å². The van der Waals surface area contributed by atoms with Crippen LogP contribution in [0.1, 0.15) is 0 Å². The van der Waals surface area contributed by atoms with Crippen molar-refractivity contribution in [2.45, 2.75) is 5.16 Å². The number of hydrogen-bond acceptors (Lipinski definition) is 7. The Morgan fingerprint density at radius 1 is 0.941 bits per heavy atom. The van der Waals surface area contributed by atoms with E-state index in [0.717, 1.165) is 22.3 Å². The minimum Gasteiger partial charge on any atom is -0.497 e. The number of carbonyl (C=O) groups is 1. The maximum atomic E-state index is 12.7. The van der Waals surface area contributed by atoms with E-state index >= 15 is 0 Å². The first-order chi connectivity index (χ1) is 16.7. The Labute approximate surface area is 199 Å². The van der Waals surface area contributed by atoms with Gasteiger partial charge in [0.15, 0.2) is 10.8 Å². The lowest BCUT2D eigenvalue weighted by atomic mass is 10.2. The Balaban J connectivity index is 1.46. The van der Waals surface area contributed by atoms with E-state index in [-0.39, 0.29) is 11.7 Å². The summed E-state index contributed by atoms with van der Waals surface area (Å²) in [6.07, 6.45) is 0. The minimum absolute atomic E-state index is 0.140. The number of nitrogens with zero attached hydrogens (tertiary/aromatic N) is 4. The number of aromatic nitrogens is 4. The molecule has 5 rings (SSSR count). The van der Waals surface area contributed by atoms with Crippen molar-refractivity contribution >= 4 is 39.9 Å². The average molecular weight is 472 g/mol. The van der Waals surface area contributed by atoms with Gasteiger partial charge in [-0.1, -0.05) is 54.2 Å². The van der Waals surface area contributed by atoms with Crippen molar-refractivity contribution in [3.8, 4) is 22.9 Å². The molecule has 5 aromatic rings. The quantitative estimate of drug-likeness (QED) is 0.344. The molecule has 0 saturated heterocycles. The first kappa shape index (κ1) is 21.7. The number of thioether (sulfide) groups is 1. The van der Waals surface area contributed by atoms with E-state index in [9.17, 15) is 4.79 Å². The number of amides is 1. The second kappa shape index (κ2) is 9.40. The number of nitrogens with one attached hydrogen (secondary N) is 1. The molecule has 0 aliphatic rings. The molecular weight excluding hydrogens is 450 g/mol. The van der Waals surface area contributed by atoms with Crippen molar-refractivity contribution in [3.05, 3.63) is 72.8 Å². The SMILES string of the molecule is COc1cc(NC(=O)CSc2nnc3c4ccccc4nc(-c4ccccc4)n23)cc(OC)c1. The zero-order valence-corrected chi connectivity index (χ0v) is 19.4. The standard InChI is InChI=1S/C25H21N5O3S/c1-32-18-12-17(13-19(14-18)33-2)26-22(31)15-34-25-29-28-24-20-10-6-7-11-21(20)27-23(30(24)25)16-8-4-3-5-9-16/h3-14H,15H2,1-2H3,(H,26,31). The highest BCUT2D eigenvalue weighted by Crippen LogP contribution is 2.29. The number of hydrogen-bond donors (Lipinski definition) is 1. The lowest BCUT2D eigenvalue weighted by Gasteiger charge is -2.11. The molecular formula is C25H21N5O3S. The molecule has 0 aliphatic heterocycles. The highest BCUT2D eigenvalue weighted by atomic mass is 32.2. The molecule has 2 aromatic heterocycles. The summed E-state index contributed by atoms with van der Waals surface area (Å²) in [5.74, 6) is 1.86. The first-order valence-electron chi connectivity index (χ1n) is 10.5. The molecule has 8 nitrogen and oxygen atoms in total. The third-order valence-electron chi connectivity index (χ3n) is 5.22. The lowest BCUT2D eigenvalue weighted by Crippen LogP contribution is -2.14. The van der Waals surface area contributed by atoms with Gasteiger partial charge in [0.2, 0.25) is 5.91 Å². The van der Waals surface area contributed by atoms with Gasteiger partial charge < -0.3 is 14.8 Å². The maximum Gasteiger partial charge on any atom is 0.234 e. The van der Waals surface area contributed by atoms with Gasteiger partial charge in [-0.2, -0.15) is 0 Å². The third-order valence-corrected chi connectivity index (χ3v) is 6.14. The summed E-state index contributed by atoms with van der Waals surface area (Å²) in [6.45, 7) is 0. The number of benzene rings is 3. The molecule has 170 valence electrons. The average Bonchev–Trinajstić information content (AvgIpc) is 3.31. The van der Waals surface area contributed by atoms with Gasteiger partial charge in [0, 0.05) is 34.8 Å². The number of carbonyl (C=O) groups excluding carboxylic acids is 1. The number of fused-ring (bicyclic) bond motifs is 3. The first-order valence-corrected chi connectivity index (χ1v) is 11.5. The lowest BCUT2D eigenvalue weighted by molar-refractivity contribution is -0.113. The van der Waals surface area contributed by atoms with Gasteiger partial charge in [-0.15, -0.1) is 10.2 Å². The Morgan fingerprint density at radius 3 is 2.38 bits per heavy atom. The summed E-state index contributed by atoms with van der Waals surface area (Å²) in [6, 6.07) is 22.9. The normalized spacial score (nSPS) is 11.0. The minimum atomic E-state index is -0.188. The molecule has 2 heterocycles. The predicted molar refractivity (Wildman–Crippen MR) is 133 cm³/mol. The van der Waals surface area contributed by atoms with E-state index < -0.39 is 0 Å². The van der Waals surface area contributed by atoms with E-state index in [1.807, 2.05) is 59.0 Å². The fraction of sp³-hybridized carbons (Fsp3) is 0.120. The van der Waals surface area contributed by atoms with Crippen molar-refractivity contribution in [1.29, 1.82) is 0 Å². The maximum absolute atomic E-state index is 12.7. The van der Waals surface area contributed by atoms with Gasteiger partial charge in [0.05, 0.1) is 25.5 Å². The topological polar surface area (TPSA) is 90.6 Å². The van der Waals surface area contributed by atoms with E-state index in [0.29, 0.717) is 28.0 Å². The van der Waals surface area contributed by atoms with Gasteiger partial charge in [0.25, 0.3) is 0 Å². The van der Waals surface area contributed by atoms with Gasteiger partial charge >= 0.3 is 0 Å². The fourth-order valence-electron chi connectivity index (χ4n) is 3.64. The van der Waals surface area contributed by atoms with Crippen LogP contribution < -0.4 is 14.8 Å². The largest absolute Gasteiger partial charge is 0.497 e. The molecule has 34 heavy (non-hydrogen) atoms. The molecule has 0 bridgehead atoms. The molecule has 0 radical (unpaired) electrons. The Hall–Kier alpha value is -4.11. The van der Waals surface area contributed by atoms with Crippen LogP contribution in [0.2, 0.25) is 0 Å². The van der Waals surface area contributed by atoms with Crippen molar-refractivity contribution in [2.24, 2.45) is 0 Å². The zero-order valence-electron chi connectivity index (χ0n) is 18.6. The molecule has 0 fully saturated rings. The molecule has 9 heteroatoms. The predicted octanol–water partition coefficient (Wildman–Crippen LogP) is 4.69. The van der Waals surface area contributed by atoms with Crippen LogP contribution >= 0.6 is 11.8 Å². The van der Waals surface area contributed by atoms with Crippen LogP contribution in [0.15, 0.2) is 78.0 Å². The summed E-state index contributed by atoms with van der Waals surface area (Å²) in [7, 11) is 3.13. The zero-order chi connectivity index (χ0) is 23.5. The molecule has 1 amide bonds. The van der Waals surface area contributed by atoms with Crippen LogP contribution in [-0.4, -0.2) is 45.5 Å². The van der Waals surface area contributed by atoms with Crippen LogP contribution in [0.4, 0.5) is 5.69 Å². The van der Waals surface area contributed by atoms with Gasteiger partial charge in [-0.05, 0) is 12.1 Å². The summed E-state index contributed by atoms with van der Waals surface area (Å²) in [5, 5.41) is 13.2. The number of anilines is 1. The smallest absolute Gasteiger partial charge is 0.234 e. The Kier molecular flexibility index (Phi) is 6.01. The highest BCUT2D eigenvalue weighted by molar-refractivity contribution is 7.99. The second-order valence-corrected chi connectivity index (χ2v) is 8.34. The number of para-hydroxylation sites is 1. The summed E-state index contributed by atoms with van der Waals surface area (Å²) < 4.78 is 12.4. The summed E-state index contributed by atoms with van der Waals surface area (Å²) in [5.41, 5.74) is 3.06. The molecule has 0 spiro atoms. The third kappa shape index (κ3) is 4.25. The van der Waals surface area contributed by atoms with Crippen LogP contribution in [0.25, 0.3) is 27.9 Å². The van der Waals surface area contributed by atoms with Crippen molar-refractivity contribution in [1.82, 2.24) is 19.6 Å². The summed E-state index contributed by atoms with van der Waals surface area (Å²) in [4.78, 5) is 17.6. The molecule has 0 atom stereocenters. The van der Waals surface area contributed by atoms with E-state index in [1.54, 1.807) is 32.4 Å². The van der Waals surface area contributed by atoms with Gasteiger partial charge in [0.1, 0.15) is 17.3 Å². The molecule has 0 saturated carbocycles. The van der Waals surface area contributed by atoms with Crippen LogP contribution in [0.5, 0.6) is 11.5 Å². The monoisotopic (exact) mass is 471 g/mol. The molecule has 1 N–H and O–H groups in total. The van der Waals surface area contributed by atoms with Gasteiger partial charge in [-0.25, -0.2) is 4.98 Å². The van der Waals surface area contributed by atoms with E-state index in [4.69, 9.17) is 14.5 Å². The highest BCUT2D eigenvalue weighted by Gasteiger charge is 2.17. The fourth-order valence-corrected chi connectivity index (χ4v) is 4.37. The Morgan fingerprint density at radius 2 is 1.65 bits per heavy atom. The van der Waals surface area contributed by atoms with Crippen LogP contribution in [0, 0.1) is 0 Å². The summed E-state index contributed by atoms with van der Waals surface area (Å²) >= 11 is 1.30. The second-order valence-electron chi connectivity index (χ2n) is 7.40.